The first-order valence-corrected chi connectivity index (χ1v) is 5.65. The summed E-state index contributed by atoms with van der Waals surface area (Å²) in [5.41, 5.74) is 6.27. The predicted octanol–water partition coefficient (Wildman–Crippen LogP) is 0.754. The van der Waals surface area contributed by atoms with Crippen LogP contribution in [0.15, 0.2) is 36.4 Å². The molecule has 1 aromatic carbocycles. The Balaban J connectivity index is 2.00. The van der Waals surface area contributed by atoms with Crippen LogP contribution in [0.3, 0.4) is 0 Å². The Morgan fingerprint density at radius 2 is 1.68 bits per heavy atom. The molecule has 98 valence electrons. The van der Waals surface area contributed by atoms with Gasteiger partial charge in [0.1, 0.15) is 0 Å². The van der Waals surface area contributed by atoms with Crippen LogP contribution in [0.4, 0.5) is 10.5 Å². The maximum absolute atomic E-state index is 11.5. The maximum atomic E-state index is 11.5. The van der Waals surface area contributed by atoms with E-state index in [0.717, 1.165) is 10.5 Å². The Labute approximate surface area is 109 Å². The molecule has 0 saturated heterocycles. The normalized spacial score (nSPS) is 14.0. The minimum Gasteiger partial charge on any atom is -0.449 e. The molecule has 6 heteroatoms. The monoisotopic (exact) mass is 260 g/mol. The Bertz CT molecular complexity index is 530. The molecule has 0 bridgehead atoms. The van der Waals surface area contributed by atoms with Gasteiger partial charge in [-0.05, 0) is 17.7 Å². The summed E-state index contributed by atoms with van der Waals surface area (Å²) in [5, 5.41) is 0. The van der Waals surface area contributed by atoms with E-state index in [9.17, 15) is 14.4 Å². The van der Waals surface area contributed by atoms with Gasteiger partial charge in [-0.15, -0.1) is 0 Å². The molecule has 0 aliphatic carbocycles. The molecule has 1 aliphatic heterocycles. The van der Waals surface area contributed by atoms with Gasteiger partial charge in [-0.2, -0.15) is 0 Å². The number of nitrogens with two attached hydrogens (primary N) is 1. The Morgan fingerprint density at radius 3 is 2.21 bits per heavy atom. The van der Waals surface area contributed by atoms with Gasteiger partial charge in [0.25, 0.3) is 11.8 Å². The lowest BCUT2D eigenvalue weighted by Gasteiger charge is -2.14. The lowest BCUT2D eigenvalue weighted by atomic mass is 10.1. The lowest BCUT2D eigenvalue weighted by molar-refractivity contribution is -0.119. The molecule has 0 unspecified atom stereocenters. The van der Waals surface area contributed by atoms with E-state index in [2.05, 4.69) is 4.74 Å². The largest absolute Gasteiger partial charge is 0.449 e. The van der Waals surface area contributed by atoms with Gasteiger partial charge in [-0.3, -0.25) is 9.59 Å². The van der Waals surface area contributed by atoms with E-state index in [-0.39, 0.29) is 18.4 Å². The summed E-state index contributed by atoms with van der Waals surface area (Å²) in [7, 11) is 0. The van der Waals surface area contributed by atoms with Gasteiger partial charge in [-0.1, -0.05) is 12.1 Å². The molecule has 0 radical (unpaired) electrons. The lowest BCUT2D eigenvalue weighted by Crippen LogP contribution is -2.29. The fourth-order valence-corrected chi connectivity index (χ4v) is 1.74. The van der Waals surface area contributed by atoms with Crippen molar-refractivity contribution in [3.8, 4) is 0 Å². The van der Waals surface area contributed by atoms with Crippen molar-refractivity contribution >= 4 is 23.6 Å². The van der Waals surface area contributed by atoms with E-state index in [1.165, 1.54) is 12.2 Å². The highest BCUT2D eigenvalue weighted by atomic mass is 16.5. The summed E-state index contributed by atoms with van der Waals surface area (Å²) in [4.78, 5) is 34.4. The number of hydrogen-bond donors (Lipinski definition) is 1. The zero-order chi connectivity index (χ0) is 13.8. The van der Waals surface area contributed by atoms with Crippen LogP contribution in [0.25, 0.3) is 0 Å². The maximum Gasteiger partial charge on any atom is 0.404 e. The van der Waals surface area contributed by atoms with Crippen molar-refractivity contribution in [2.75, 3.05) is 11.5 Å². The van der Waals surface area contributed by atoms with E-state index in [4.69, 9.17) is 5.73 Å². The number of hydrogen-bond acceptors (Lipinski definition) is 4. The van der Waals surface area contributed by atoms with Crippen molar-refractivity contribution in [2.24, 2.45) is 5.73 Å². The van der Waals surface area contributed by atoms with Gasteiger partial charge in [0.2, 0.25) is 0 Å². The van der Waals surface area contributed by atoms with E-state index >= 15 is 0 Å². The van der Waals surface area contributed by atoms with Gasteiger partial charge in [0.05, 0.1) is 12.3 Å². The number of carbonyl (C=O) groups is 3. The standard InChI is InChI=1S/C13H12N2O4/c14-13(18)19-8-7-9-1-3-10(4-2-9)15-11(16)5-6-12(15)17/h1-6H,7-8H2,(H2,14,18). The first-order chi connectivity index (χ1) is 9.08. The average Bonchev–Trinajstić information content (AvgIpc) is 2.70. The third kappa shape index (κ3) is 2.98. The van der Waals surface area contributed by atoms with Crippen LogP contribution in [0, 0.1) is 0 Å². The van der Waals surface area contributed by atoms with E-state index < -0.39 is 6.09 Å². The second-order valence-corrected chi connectivity index (χ2v) is 3.93. The van der Waals surface area contributed by atoms with Crippen LogP contribution in [0.2, 0.25) is 0 Å². The molecule has 1 aromatic rings. The third-order valence-electron chi connectivity index (χ3n) is 2.64. The molecule has 2 N–H and O–H groups in total. The van der Waals surface area contributed by atoms with Crippen molar-refractivity contribution < 1.29 is 19.1 Å². The fourth-order valence-electron chi connectivity index (χ4n) is 1.74. The quantitative estimate of drug-likeness (QED) is 0.809. The summed E-state index contributed by atoms with van der Waals surface area (Å²) in [6.45, 7) is 0.192. The number of nitrogens with zero attached hydrogens (tertiary/aromatic N) is 1. The van der Waals surface area contributed by atoms with Crippen LogP contribution in [-0.2, 0) is 20.7 Å². The first-order valence-electron chi connectivity index (χ1n) is 5.65. The van der Waals surface area contributed by atoms with E-state index in [1.54, 1.807) is 24.3 Å². The minimum atomic E-state index is -0.809. The molecule has 0 saturated carbocycles. The number of amides is 3. The fraction of sp³-hybridized carbons (Fsp3) is 0.154. The summed E-state index contributed by atoms with van der Waals surface area (Å²) >= 11 is 0. The van der Waals surface area contributed by atoms with Crippen LogP contribution in [0.5, 0.6) is 0 Å². The number of carbonyl (C=O) groups excluding carboxylic acids is 3. The molecule has 2 rings (SSSR count). The van der Waals surface area contributed by atoms with Gasteiger partial charge in [0, 0.05) is 18.6 Å². The summed E-state index contributed by atoms with van der Waals surface area (Å²) in [6.07, 6.45) is 2.17. The summed E-state index contributed by atoms with van der Waals surface area (Å²) in [6, 6.07) is 6.86. The Hall–Kier alpha value is -2.63. The van der Waals surface area contributed by atoms with E-state index in [0.29, 0.717) is 12.1 Å². The number of primary amides is 1. The van der Waals surface area contributed by atoms with Crippen molar-refractivity contribution in [2.45, 2.75) is 6.42 Å². The number of ether oxygens (including phenoxy) is 1. The molecule has 19 heavy (non-hydrogen) atoms. The zero-order valence-corrected chi connectivity index (χ0v) is 10.0. The Morgan fingerprint density at radius 1 is 1.11 bits per heavy atom. The van der Waals surface area contributed by atoms with Gasteiger partial charge in [0.15, 0.2) is 0 Å². The number of anilines is 1. The molecule has 0 atom stereocenters. The molecule has 1 heterocycles. The number of benzene rings is 1. The smallest absolute Gasteiger partial charge is 0.404 e. The second kappa shape index (κ2) is 5.34. The summed E-state index contributed by atoms with van der Waals surface area (Å²) in [5.74, 6) is -0.704. The minimum absolute atomic E-state index is 0.192. The number of rotatable bonds is 4. The predicted molar refractivity (Wildman–Crippen MR) is 67.3 cm³/mol. The van der Waals surface area contributed by atoms with Gasteiger partial charge in [-0.25, -0.2) is 9.69 Å². The van der Waals surface area contributed by atoms with Gasteiger partial charge < -0.3 is 10.5 Å². The van der Waals surface area contributed by atoms with E-state index in [1.807, 2.05) is 0 Å². The van der Waals surface area contributed by atoms with Gasteiger partial charge >= 0.3 is 6.09 Å². The zero-order valence-electron chi connectivity index (χ0n) is 10.0. The molecule has 0 fully saturated rings. The van der Waals surface area contributed by atoms with Crippen LogP contribution in [-0.4, -0.2) is 24.5 Å². The van der Waals surface area contributed by atoms with Crippen molar-refractivity contribution in [3.63, 3.8) is 0 Å². The highest BCUT2D eigenvalue weighted by Gasteiger charge is 2.24. The first kappa shape index (κ1) is 12.8. The molecule has 3 amide bonds. The molecule has 0 aromatic heterocycles. The van der Waals surface area contributed by atoms with Crippen molar-refractivity contribution in [3.05, 3.63) is 42.0 Å². The third-order valence-corrected chi connectivity index (χ3v) is 2.64. The highest BCUT2D eigenvalue weighted by molar-refractivity contribution is 6.28. The van der Waals surface area contributed by atoms with Crippen molar-refractivity contribution in [1.29, 1.82) is 0 Å². The van der Waals surface area contributed by atoms with Crippen LogP contribution in [0.1, 0.15) is 5.56 Å². The average molecular weight is 260 g/mol. The molecule has 1 aliphatic rings. The number of imide groups is 1. The molecule has 6 nitrogen and oxygen atoms in total. The molecular formula is C13H12N2O4. The van der Waals surface area contributed by atoms with Crippen molar-refractivity contribution in [1.82, 2.24) is 0 Å². The van der Waals surface area contributed by atoms with Crippen LogP contribution < -0.4 is 10.6 Å². The van der Waals surface area contributed by atoms with Crippen LogP contribution >= 0.6 is 0 Å². The molecule has 0 spiro atoms. The second-order valence-electron chi connectivity index (χ2n) is 3.93. The highest BCUT2D eigenvalue weighted by Crippen LogP contribution is 2.19. The SMILES string of the molecule is NC(=O)OCCc1ccc(N2C(=O)C=CC2=O)cc1. The molecular weight excluding hydrogens is 248 g/mol. The Kier molecular flexibility index (Phi) is 3.61. The summed E-state index contributed by atoms with van der Waals surface area (Å²) < 4.78 is 4.62. The topological polar surface area (TPSA) is 89.7 Å².